The zero-order valence-electron chi connectivity index (χ0n) is 14.1. The van der Waals surface area contributed by atoms with Crippen LogP contribution >= 0.6 is 11.3 Å². The van der Waals surface area contributed by atoms with Crippen LogP contribution in [0.3, 0.4) is 0 Å². The maximum absolute atomic E-state index is 13.2. The van der Waals surface area contributed by atoms with Crippen molar-refractivity contribution in [2.24, 2.45) is 5.10 Å². The summed E-state index contributed by atoms with van der Waals surface area (Å²) in [7, 11) is 0. The molecule has 1 unspecified atom stereocenters. The zero-order chi connectivity index (χ0) is 19.2. The van der Waals surface area contributed by atoms with E-state index in [4.69, 9.17) is 4.74 Å². The van der Waals surface area contributed by atoms with E-state index >= 15 is 0 Å². The number of hydrazone groups is 1. The highest BCUT2D eigenvalue weighted by molar-refractivity contribution is 7.10. The zero-order valence-corrected chi connectivity index (χ0v) is 14.9. The van der Waals surface area contributed by atoms with Crippen molar-refractivity contribution in [3.05, 3.63) is 58.0 Å². The predicted octanol–water partition coefficient (Wildman–Crippen LogP) is 1.90. The number of hydrogen-bond acceptors (Lipinski definition) is 6. The van der Waals surface area contributed by atoms with Crippen molar-refractivity contribution in [3.8, 4) is 0 Å². The highest BCUT2D eigenvalue weighted by Gasteiger charge is 2.22. The van der Waals surface area contributed by atoms with Crippen LogP contribution in [0.1, 0.15) is 29.3 Å². The van der Waals surface area contributed by atoms with Gasteiger partial charge in [-0.25, -0.2) is 14.6 Å². The molecule has 0 spiro atoms. The minimum absolute atomic E-state index is 0.0655. The fraction of sp³-hybridized carbons (Fsp3) is 0.222. The maximum Gasteiger partial charge on any atom is 0.355 e. The van der Waals surface area contributed by atoms with Crippen molar-refractivity contribution in [2.75, 3.05) is 6.61 Å². The fourth-order valence-electron chi connectivity index (χ4n) is 2.47. The summed E-state index contributed by atoms with van der Waals surface area (Å²) in [6, 6.07) is 9.03. The number of rotatable bonds is 6. The predicted molar refractivity (Wildman–Crippen MR) is 96.5 cm³/mol. The Morgan fingerprint density at radius 3 is 2.67 bits per heavy atom. The molecule has 0 saturated heterocycles. The van der Waals surface area contributed by atoms with E-state index in [-0.39, 0.29) is 30.3 Å². The molecule has 1 aliphatic rings. The third kappa shape index (κ3) is 4.98. The molecule has 2 N–H and O–H groups in total. The highest BCUT2D eigenvalue weighted by atomic mass is 32.1. The van der Waals surface area contributed by atoms with E-state index in [1.807, 2.05) is 17.5 Å². The van der Waals surface area contributed by atoms with Gasteiger partial charge in [0.15, 0.2) is 6.61 Å². The van der Waals surface area contributed by atoms with Gasteiger partial charge in [-0.15, -0.1) is 11.3 Å². The van der Waals surface area contributed by atoms with Crippen LogP contribution in [0.5, 0.6) is 0 Å². The topological polar surface area (TPSA) is 96.9 Å². The summed E-state index contributed by atoms with van der Waals surface area (Å²) in [5, 5.41) is 8.27. The third-order valence-corrected chi connectivity index (χ3v) is 4.75. The summed E-state index contributed by atoms with van der Waals surface area (Å²) >= 11 is 1.44. The van der Waals surface area contributed by atoms with Gasteiger partial charge in [0, 0.05) is 17.7 Å². The van der Waals surface area contributed by atoms with Gasteiger partial charge in [0.05, 0.1) is 6.04 Å². The summed E-state index contributed by atoms with van der Waals surface area (Å²) in [5.41, 5.74) is 2.97. The number of amides is 2. The molecule has 0 fully saturated rings. The largest absolute Gasteiger partial charge is 0.451 e. The molecule has 2 heterocycles. The first kappa shape index (κ1) is 18.7. The van der Waals surface area contributed by atoms with Gasteiger partial charge in [-0.05, 0) is 29.1 Å². The fourth-order valence-corrected chi connectivity index (χ4v) is 3.27. The molecule has 9 heteroatoms. The van der Waals surface area contributed by atoms with Crippen LogP contribution in [-0.4, -0.2) is 30.1 Å². The van der Waals surface area contributed by atoms with Crippen LogP contribution in [0, 0.1) is 5.82 Å². The monoisotopic (exact) mass is 389 g/mol. The SMILES string of the molecule is O=C1CCC(C(=O)OCC(=O)NC(c2ccc(F)cc2)c2cccs2)=NN1. The number of halogens is 1. The average Bonchev–Trinajstić information content (AvgIpc) is 3.20. The van der Waals surface area contributed by atoms with Crippen LogP contribution < -0.4 is 10.7 Å². The molecule has 0 radical (unpaired) electrons. The molecule has 0 bridgehead atoms. The molecular weight excluding hydrogens is 373 g/mol. The number of hydrogen-bond donors (Lipinski definition) is 2. The number of thiophene rings is 1. The van der Waals surface area contributed by atoms with E-state index in [2.05, 4.69) is 15.8 Å². The third-order valence-electron chi connectivity index (χ3n) is 3.81. The molecule has 3 rings (SSSR count). The van der Waals surface area contributed by atoms with Crippen molar-refractivity contribution in [1.82, 2.24) is 10.7 Å². The van der Waals surface area contributed by atoms with Gasteiger partial charge in [0.25, 0.3) is 5.91 Å². The van der Waals surface area contributed by atoms with Gasteiger partial charge >= 0.3 is 5.97 Å². The first-order valence-electron chi connectivity index (χ1n) is 8.13. The number of ether oxygens (including phenoxy) is 1. The highest BCUT2D eigenvalue weighted by Crippen LogP contribution is 2.26. The first-order valence-corrected chi connectivity index (χ1v) is 9.01. The number of esters is 1. The minimum Gasteiger partial charge on any atom is -0.451 e. The Morgan fingerprint density at radius 2 is 2.04 bits per heavy atom. The van der Waals surface area contributed by atoms with Crippen LogP contribution in [-0.2, 0) is 19.1 Å². The number of carbonyl (C=O) groups is 3. The molecular formula is C18H16FN3O4S. The van der Waals surface area contributed by atoms with Gasteiger partial charge in [0.1, 0.15) is 11.5 Å². The molecule has 1 aromatic carbocycles. The molecule has 1 aliphatic heterocycles. The Hall–Kier alpha value is -3.07. The molecule has 1 atom stereocenters. The second kappa shape index (κ2) is 8.54. The Balaban J connectivity index is 1.62. The Kier molecular flexibility index (Phi) is 5.92. The summed E-state index contributed by atoms with van der Waals surface area (Å²) in [5.74, 6) is -1.90. The van der Waals surface area contributed by atoms with Crippen LogP contribution in [0.15, 0.2) is 46.9 Å². The molecule has 1 aromatic heterocycles. The van der Waals surface area contributed by atoms with E-state index < -0.39 is 24.5 Å². The van der Waals surface area contributed by atoms with Gasteiger partial charge < -0.3 is 10.1 Å². The molecule has 27 heavy (non-hydrogen) atoms. The normalized spacial score (nSPS) is 14.7. The summed E-state index contributed by atoms with van der Waals surface area (Å²) in [4.78, 5) is 36.1. The van der Waals surface area contributed by atoms with Gasteiger partial charge in [0.2, 0.25) is 5.91 Å². The van der Waals surface area contributed by atoms with Crippen molar-refractivity contribution in [1.29, 1.82) is 0 Å². The Labute approximate surface area is 158 Å². The van der Waals surface area contributed by atoms with Crippen LogP contribution in [0.2, 0.25) is 0 Å². The minimum atomic E-state index is -0.750. The van der Waals surface area contributed by atoms with E-state index in [1.54, 1.807) is 12.1 Å². The van der Waals surface area contributed by atoms with E-state index in [0.717, 1.165) is 4.88 Å². The number of carbonyl (C=O) groups excluding carboxylic acids is 3. The Morgan fingerprint density at radius 1 is 1.26 bits per heavy atom. The smallest absolute Gasteiger partial charge is 0.355 e. The summed E-state index contributed by atoms with van der Waals surface area (Å²) in [6.07, 6.45) is 0.310. The quantitative estimate of drug-likeness (QED) is 0.738. The van der Waals surface area contributed by atoms with E-state index in [1.165, 1.54) is 23.5 Å². The van der Waals surface area contributed by atoms with Crippen molar-refractivity contribution in [3.63, 3.8) is 0 Å². The maximum atomic E-state index is 13.2. The average molecular weight is 389 g/mol. The van der Waals surface area contributed by atoms with E-state index in [0.29, 0.717) is 5.56 Å². The molecule has 2 aromatic rings. The van der Waals surface area contributed by atoms with Gasteiger partial charge in [-0.3, -0.25) is 9.59 Å². The standard InChI is InChI=1S/C18H16FN3O4S/c19-12-5-3-11(4-6-12)17(14-2-1-9-27-14)20-16(24)10-26-18(25)13-7-8-15(23)22-21-13/h1-6,9,17H,7-8,10H2,(H,20,24)(H,22,23). The summed E-state index contributed by atoms with van der Waals surface area (Å²) in [6.45, 7) is -0.491. The molecule has 2 amide bonds. The second-order valence-electron chi connectivity index (χ2n) is 5.74. The van der Waals surface area contributed by atoms with Crippen molar-refractivity contribution < 1.29 is 23.5 Å². The second-order valence-corrected chi connectivity index (χ2v) is 6.72. The lowest BCUT2D eigenvalue weighted by molar-refractivity contribution is -0.142. The number of nitrogens with zero attached hydrogens (tertiary/aromatic N) is 1. The molecule has 0 aliphatic carbocycles. The molecule has 0 saturated carbocycles. The van der Waals surface area contributed by atoms with Crippen LogP contribution in [0.25, 0.3) is 0 Å². The molecule has 7 nitrogen and oxygen atoms in total. The number of nitrogens with one attached hydrogen (secondary N) is 2. The first-order chi connectivity index (χ1) is 13.0. The lowest BCUT2D eigenvalue weighted by Gasteiger charge is -2.18. The lowest BCUT2D eigenvalue weighted by Crippen LogP contribution is -2.35. The summed E-state index contributed by atoms with van der Waals surface area (Å²) < 4.78 is 18.1. The number of benzene rings is 1. The molecule has 140 valence electrons. The lowest BCUT2D eigenvalue weighted by atomic mass is 10.1. The van der Waals surface area contributed by atoms with Gasteiger partial charge in [-0.2, -0.15) is 5.10 Å². The van der Waals surface area contributed by atoms with Crippen molar-refractivity contribution in [2.45, 2.75) is 18.9 Å². The van der Waals surface area contributed by atoms with E-state index in [9.17, 15) is 18.8 Å². The van der Waals surface area contributed by atoms with Crippen LogP contribution in [0.4, 0.5) is 4.39 Å². The van der Waals surface area contributed by atoms with Gasteiger partial charge in [-0.1, -0.05) is 18.2 Å². The Bertz CT molecular complexity index is 865. The van der Waals surface area contributed by atoms with Crippen molar-refractivity contribution >= 4 is 34.8 Å².